The van der Waals surface area contributed by atoms with Gasteiger partial charge in [0.05, 0.1) is 13.7 Å². The lowest BCUT2D eigenvalue weighted by Crippen LogP contribution is -2.00. The van der Waals surface area contributed by atoms with Crippen molar-refractivity contribution in [2.24, 2.45) is 0 Å². The molecule has 1 aromatic carbocycles. The Morgan fingerprint density at radius 2 is 1.66 bits per heavy atom. The van der Waals surface area contributed by atoms with Gasteiger partial charge in [-0.25, -0.2) is 0 Å². The smallest absolute Gasteiger partial charge is 0.305 e. The number of aryl methyl sites for hydroxylation is 1. The molecule has 0 fully saturated rings. The van der Waals surface area contributed by atoms with Gasteiger partial charge in [-0.05, 0) is 43.5 Å². The van der Waals surface area contributed by atoms with Crippen molar-refractivity contribution >= 4 is 17.3 Å². The molecule has 0 atom stereocenters. The molecule has 1 aromatic heterocycles. The average molecular weight is 419 g/mol. The molecule has 0 bridgehead atoms. The minimum Gasteiger partial charge on any atom is -0.494 e. The van der Waals surface area contributed by atoms with Crippen LogP contribution in [0.15, 0.2) is 24.3 Å². The standard InChI is InChI=1S/C23H34N2O3S/c1-3-4-5-6-9-12-21-24-25-23(29-21)19-14-16-20(17-15-19)28-18-11-8-7-10-13-22(26)27-2/h14-17H,3-13,18H2,1-2H3. The number of hydrogen-bond donors (Lipinski definition) is 0. The van der Waals surface area contributed by atoms with Gasteiger partial charge in [-0.3, -0.25) is 4.79 Å². The van der Waals surface area contributed by atoms with Crippen molar-refractivity contribution in [1.82, 2.24) is 10.2 Å². The van der Waals surface area contributed by atoms with Crippen LogP contribution in [0.3, 0.4) is 0 Å². The Balaban J connectivity index is 1.65. The second-order valence-electron chi connectivity index (χ2n) is 7.28. The first-order valence-electron chi connectivity index (χ1n) is 10.9. The van der Waals surface area contributed by atoms with Gasteiger partial charge in [0.2, 0.25) is 0 Å². The first-order chi connectivity index (χ1) is 14.2. The van der Waals surface area contributed by atoms with E-state index in [1.165, 1.54) is 39.2 Å². The molecule has 2 rings (SSSR count). The first kappa shape index (κ1) is 23.3. The van der Waals surface area contributed by atoms with Crippen molar-refractivity contribution in [3.8, 4) is 16.3 Å². The number of benzene rings is 1. The van der Waals surface area contributed by atoms with Crippen LogP contribution in [-0.4, -0.2) is 29.9 Å². The molecular weight excluding hydrogens is 384 g/mol. The number of ether oxygens (including phenoxy) is 2. The van der Waals surface area contributed by atoms with E-state index in [1.807, 2.05) is 12.1 Å². The molecule has 0 N–H and O–H groups in total. The van der Waals surface area contributed by atoms with Crippen LogP contribution in [0.4, 0.5) is 0 Å². The third kappa shape index (κ3) is 9.39. The number of aromatic nitrogens is 2. The van der Waals surface area contributed by atoms with Crippen LogP contribution in [0.25, 0.3) is 10.6 Å². The van der Waals surface area contributed by atoms with E-state index in [0.29, 0.717) is 13.0 Å². The molecule has 5 nitrogen and oxygen atoms in total. The lowest BCUT2D eigenvalue weighted by Gasteiger charge is -2.06. The molecule has 0 unspecified atom stereocenters. The Bertz CT molecular complexity index is 700. The zero-order valence-corrected chi connectivity index (χ0v) is 18.6. The average Bonchev–Trinajstić information content (AvgIpc) is 3.22. The summed E-state index contributed by atoms with van der Waals surface area (Å²) in [5.41, 5.74) is 1.09. The van der Waals surface area contributed by atoms with Gasteiger partial charge in [0.25, 0.3) is 0 Å². The largest absolute Gasteiger partial charge is 0.494 e. The zero-order chi connectivity index (χ0) is 20.7. The molecule has 0 amide bonds. The lowest BCUT2D eigenvalue weighted by molar-refractivity contribution is -0.140. The monoisotopic (exact) mass is 418 g/mol. The molecule has 0 saturated carbocycles. The predicted molar refractivity (Wildman–Crippen MR) is 118 cm³/mol. The van der Waals surface area contributed by atoms with Crippen molar-refractivity contribution in [2.75, 3.05) is 13.7 Å². The first-order valence-corrected chi connectivity index (χ1v) is 11.7. The van der Waals surface area contributed by atoms with Crippen LogP contribution in [-0.2, 0) is 16.0 Å². The Morgan fingerprint density at radius 3 is 2.41 bits per heavy atom. The van der Waals surface area contributed by atoms with Crippen LogP contribution in [0.5, 0.6) is 5.75 Å². The van der Waals surface area contributed by atoms with E-state index in [0.717, 1.165) is 53.4 Å². The van der Waals surface area contributed by atoms with Gasteiger partial charge >= 0.3 is 5.97 Å². The van der Waals surface area contributed by atoms with Gasteiger partial charge in [0.1, 0.15) is 15.8 Å². The maximum atomic E-state index is 11.0. The fraction of sp³-hybridized carbons (Fsp3) is 0.609. The number of hydrogen-bond acceptors (Lipinski definition) is 6. The Hall–Kier alpha value is -1.95. The maximum Gasteiger partial charge on any atom is 0.305 e. The molecule has 0 saturated heterocycles. The van der Waals surface area contributed by atoms with Crippen molar-refractivity contribution in [3.05, 3.63) is 29.3 Å². The second kappa shape index (κ2) is 14.1. The van der Waals surface area contributed by atoms with Crippen molar-refractivity contribution in [3.63, 3.8) is 0 Å². The number of esters is 1. The fourth-order valence-electron chi connectivity index (χ4n) is 3.06. The number of unbranched alkanes of at least 4 members (excludes halogenated alkanes) is 7. The third-order valence-electron chi connectivity index (χ3n) is 4.83. The van der Waals surface area contributed by atoms with Gasteiger partial charge in [-0.1, -0.05) is 56.8 Å². The number of rotatable bonds is 15. The highest BCUT2D eigenvalue weighted by atomic mass is 32.1. The van der Waals surface area contributed by atoms with Crippen molar-refractivity contribution in [2.45, 2.75) is 77.6 Å². The van der Waals surface area contributed by atoms with Gasteiger partial charge in [-0.15, -0.1) is 10.2 Å². The molecule has 6 heteroatoms. The molecular formula is C23H34N2O3S. The minimum absolute atomic E-state index is 0.129. The van der Waals surface area contributed by atoms with Gasteiger partial charge in [0.15, 0.2) is 0 Å². The molecule has 160 valence electrons. The van der Waals surface area contributed by atoms with Gasteiger partial charge in [-0.2, -0.15) is 0 Å². The highest BCUT2D eigenvalue weighted by molar-refractivity contribution is 7.14. The number of nitrogens with zero attached hydrogens (tertiary/aromatic N) is 2. The molecule has 0 aliphatic heterocycles. The number of methoxy groups -OCH3 is 1. The van der Waals surface area contributed by atoms with Crippen LogP contribution in [0, 0.1) is 0 Å². The maximum absolute atomic E-state index is 11.0. The molecule has 1 heterocycles. The molecule has 2 aromatic rings. The summed E-state index contributed by atoms with van der Waals surface area (Å²) in [5, 5.41) is 10.8. The molecule has 0 aliphatic rings. The molecule has 0 aliphatic carbocycles. The Kier molecular flexibility index (Phi) is 11.3. The summed E-state index contributed by atoms with van der Waals surface area (Å²) in [6.45, 7) is 2.93. The minimum atomic E-state index is -0.129. The lowest BCUT2D eigenvalue weighted by atomic mass is 10.1. The predicted octanol–water partition coefficient (Wildman–Crippen LogP) is 6.22. The topological polar surface area (TPSA) is 61.3 Å². The molecule has 0 spiro atoms. The van der Waals surface area contributed by atoms with Crippen LogP contribution >= 0.6 is 11.3 Å². The quantitative estimate of drug-likeness (QED) is 0.254. The van der Waals surface area contributed by atoms with Crippen LogP contribution < -0.4 is 4.74 Å². The molecule has 0 radical (unpaired) electrons. The van der Waals surface area contributed by atoms with E-state index in [1.54, 1.807) is 11.3 Å². The van der Waals surface area contributed by atoms with Crippen LogP contribution in [0.2, 0.25) is 0 Å². The van der Waals surface area contributed by atoms with E-state index in [4.69, 9.17) is 4.74 Å². The summed E-state index contributed by atoms with van der Waals surface area (Å²) in [6, 6.07) is 8.10. The summed E-state index contributed by atoms with van der Waals surface area (Å²) < 4.78 is 10.4. The summed E-state index contributed by atoms with van der Waals surface area (Å²) in [6.07, 6.45) is 11.9. The third-order valence-corrected chi connectivity index (χ3v) is 5.87. The summed E-state index contributed by atoms with van der Waals surface area (Å²) >= 11 is 1.69. The fourth-order valence-corrected chi connectivity index (χ4v) is 3.95. The van der Waals surface area contributed by atoms with E-state index in [-0.39, 0.29) is 5.97 Å². The van der Waals surface area contributed by atoms with E-state index < -0.39 is 0 Å². The summed E-state index contributed by atoms with van der Waals surface area (Å²) in [7, 11) is 1.43. The number of carbonyl (C=O) groups excluding carboxylic acids is 1. The van der Waals surface area contributed by atoms with E-state index in [9.17, 15) is 4.79 Å². The van der Waals surface area contributed by atoms with Crippen molar-refractivity contribution < 1.29 is 14.3 Å². The Labute approximate surface area is 178 Å². The van der Waals surface area contributed by atoms with Gasteiger partial charge in [0, 0.05) is 18.4 Å². The zero-order valence-electron chi connectivity index (χ0n) is 17.8. The summed E-state index contributed by atoms with van der Waals surface area (Å²) in [4.78, 5) is 11.0. The van der Waals surface area contributed by atoms with Gasteiger partial charge < -0.3 is 9.47 Å². The highest BCUT2D eigenvalue weighted by Crippen LogP contribution is 2.26. The van der Waals surface area contributed by atoms with E-state index >= 15 is 0 Å². The SMILES string of the molecule is CCCCCCCc1nnc(-c2ccc(OCCCCCCC(=O)OC)cc2)s1. The Morgan fingerprint density at radius 1 is 0.931 bits per heavy atom. The molecule has 29 heavy (non-hydrogen) atoms. The summed E-state index contributed by atoms with van der Waals surface area (Å²) in [5.74, 6) is 0.750. The number of carbonyl (C=O) groups is 1. The highest BCUT2D eigenvalue weighted by Gasteiger charge is 2.07. The van der Waals surface area contributed by atoms with Crippen LogP contribution in [0.1, 0.15) is 76.1 Å². The second-order valence-corrected chi connectivity index (χ2v) is 8.34. The van der Waals surface area contributed by atoms with E-state index in [2.05, 4.69) is 34.0 Å². The normalized spacial score (nSPS) is 10.8. The van der Waals surface area contributed by atoms with Crippen molar-refractivity contribution in [1.29, 1.82) is 0 Å².